The molecule has 1 heterocycles. The highest BCUT2D eigenvalue weighted by Gasteiger charge is 2.25. The number of rotatable bonds is 1. The van der Waals surface area contributed by atoms with E-state index in [4.69, 9.17) is 10.8 Å². The molecular formula is C11H12N2O3. The van der Waals surface area contributed by atoms with Crippen LogP contribution in [0.3, 0.4) is 0 Å². The molecule has 1 amide bonds. The van der Waals surface area contributed by atoms with E-state index in [0.29, 0.717) is 24.3 Å². The van der Waals surface area contributed by atoms with E-state index in [-0.39, 0.29) is 11.5 Å². The van der Waals surface area contributed by atoms with Crippen LogP contribution < -0.4 is 10.6 Å². The molecule has 1 aliphatic heterocycles. The molecule has 16 heavy (non-hydrogen) atoms. The van der Waals surface area contributed by atoms with Gasteiger partial charge in [0.2, 0.25) is 5.91 Å². The Bertz CT molecular complexity index is 482. The average Bonchev–Trinajstić information content (AvgIpc) is 2.61. The molecule has 0 radical (unpaired) electrons. The summed E-state index contributed by atoms with van der Waals surface area (Å²) in [6.45, 7) is 2.02. The predicted molar refractivity (Wildman–Crippen MR) is 59.5 cm³/mol. The topological polar surface area (TPSA) is 83.6 Å². The Kier molecular flexibility index (Phi) is 2.30. The van der Waals surface area contributed by atoms with Crippen LogP contribution in [-0.2, 0) is 11.2 Å². The van der Waals surface area contributed by atoms with Crippen LogP contribution in [0.15, 0.2) is 12.1 Å². The van der Waals surface area contributed by atoms with Crippen LogP contribution in [0.5, 0.6) is 0 Å². The summed E-state index contributed by atoms with van der Waals surface area (Å²) in [4.78, 5) is 23.8. The third-order valence-corrected chi connectivity index (χ3v) is 2.76. The van der Waals surface area contributed by atoms with Gasteiger partial charge in [-0.15, -0.1) is 0 Å². The van der Waals surface area contributed by atoms with Crippen LogP contribution >= 0.6 is 0 Å². The molecule has 5 nitrogen and oxygen atoms in total. The minimum atomic E-state index is -1.04. The largest absolute Gasteiger partial charge is 0.478 e. The minimum Gasteiger partial charge on any atom is -0.478 e. The van der Waals surface area contributed by atoms with Gasteiger partial charge in [0, 0.05) is 30.4 Å². The molecule has 0 saturated heterocycles. The van der Waals surface area contributed by atoms with Gasteiger partial charge in [-0.2, -0.15) is 0 Å². The maximum atomic E-state index is 11.3. The number of carboxylic acids is 1. The van der Waals surface area contributed by atoms with Gasteiger partial charge >= 0.3 is 5.97 Å². The van der Waals surface area contributed by atoms with E-state index in [1.54, 1.807) is 4.90 Å². The van der Waals surface area contributed by atoms with Gasteiger partial charge in [0.25, 0.3) is 0 Å². The number of benzene rings is 1. The van der Waals surface area contributed by atoms with Crippen molar-refractivity contribution in [1.29, 1.82) is 0 Å². The van der Waals surface area contributed by atoms with E-state index < -0.39 is 5.97 Å². The lowest BCUT2D eigenvalue weighted by Crippen LogP contribution is -2.25. The number of nitrogens with two attached hydrogens (primary N) is 1. The number of hydrogen-bond donors (Lipinski definition) is 2. The molecule has 3 N–H and O–H groups in total. The van der Waals surface area contributed by atoms with Gasteiger partial charge in [0.05, 0.1) is 5.56 Å². The van der Waals surface area contributed by atoms with Gasteiger partial charge in [-0.3, -0.25) is 4.79 Å². The number of carbonyl (C=O) groups is 2. The van der Waals surface area contributed by atoms with Crippen molar-refractivity contribution in [3.8, 4) is 0 Å². The number of nitrogen functional groups attached to an aromatic ring is 1. The molecule has 0 fully saturated rings. The molecule has 0 aromatic heterocycles. The molecule has 0 saturated carbocycles. The van der Waals surface area contributed by atoms with Crippen molar-refractivity contribution in [2.45, 2.75) is 13.3 Å². The fourth-order valence-electron chi connectivity index (χ4n) is 1.99. The summed E-state index contributed by atoms with van der Waals surface area (Å²) < 4.78 is 0. The second-order valence-corrected chi connectivity index (χ2v) is 3.79. The van der Waals surface area contributed by atoms with E-state index in [2.05, 4.69) is 0 Å². The lowest BCUT2D eigenvalue weighted by molar-refractivity contribution is -0.116. The molecule has 5 heteroatoms. The van der Waals surface area contributed by atoms with Crippen LogP contribution in [0.2, 0.25) is 0 Å². The average molecular weight is 220 g/mol. The van der Waals surface area contributed by atoms with Gasteiger partial charge in [-0.25, -0.2) is 4.79 Å². The number of aromatic carboxylic acids is 1. The summed E-state index contributed by atoms with van der Waals surface area (Å²) in [6, 6.07) is 2.94. The smallest absolute Gasteiger partial charge is 0.335 e. The molecule has 2 rings (SSSR count). The van der Waals surface area contributed by atoms with Crippen molar-refractivity contribution in [2.24, 2.45) is 0 Å². The third kappa shape index (κ3) is 1.50. The second kappa shape index (κ2) is 3.52. The van der Waals surface area contributed by atoms with Crippen LogP contribution in [0, 0.1) is 0 Å². The predicted octanol–water partition coefficient (Wildman–Crippen LogP) is 0.876. The van der Waals surface area contributed by atoms with Gasteiger partial charge < -0.3 is 15.7 Å². The number of fused-ring (bicyclic) bond motifs is 1. The van der Waals surface area contributed by atoms with Crippen LogP contribution in [0.1, 0.15) is 22.8 Å². The maximum Gasteiger partial charge on any atom is 0.335 e. The first-order chi connectivity index (χ1) is 7.50. The van der Waals surface area contributed by atoms with Crippen molar-refractivity contribution in [3.63, 3.8) is 0 Å². The Morgan fingerprint density at radius 3 is 2.69 bits per heavy atom. The monoisotopic (exact) mass is 220 g/mol. The van der Waals surface area contributed by atoms with Crippen molar-refractivity contribution >= 4 is 23.3 Å². The van der Waals surface area contributed by atoms with Gasteiger partial charge in [-0.1, -0.05) is 0 Å². The molecule has 1 aliphatic rings. The number of carbonyl (C=O) groups excluding carboxylic acids is 1. The first-order valence-electron chi connectivity index (χ1n) is 4.94. The Balaban J connectivity index is 2.56. The summed E-state index contributed by atoms with van der Waals surface area (Å²) in [6.07, 6.45) is 0.681. The second-order valence-electron chi connectivity index (χ2n) is 3.79. The Morgan fingerprint density at radius 1 is 1.44 bits per heavy atom. The van der Waals surface area contributed by atoms with Crippen LogP contribution in [0.25, 0.3) is 0 Å². The summed E-state index contributed by atoms with van der Waals surface area (Å²) >= 11 is 0. The van der Waals surface area contributed by atoms with Gasteiger partial charge in [0.15, 0.2) is 0 Å². The van der Waals surface area contributed by atoms with E-state index in [1.165, 1.54) is 19.1 Å². The Labute approximate surface area is 92.5 Å². The zero-order valence-electron chi connectivity index (χ0n) is 8.86. The highest BCUT2D eigenvalue weighted by Crippen LogP contribution is 2.33. The first-order valence-corrected chi connectivity index (χ1v) is 4.94. The van der Waals surface area contributed by atoms with E-state index in [9.17, 15) is 9.59 Å². The number of nitrogens with zero attached hydrogens (tertiary/aromatic N) is 1. The molecule has 0 atom stereocenters. The standard InChI is InChI=1S/C11H12N2O3/c1-6(14)13-3-2-8-9(12)4-7(11(15)16)5-10(8)13/h4-5H,2-3,12H2,1H3,(H,15,16). The number of amides is 1. The lowest BCUT2D eigenvalue weighted by Gasteiger charge is -2.15. The van der Waals surface area contributed by atoms with E-state index in [0.717, 1.165) is 5.56 Å². The fourth-order valence-corrected chi connectivity index (χ4v) is 1.99. The lowest BCUT2D eigenvalue weighted by atomic mass is 10.1. The zero-order chi connectivity index (χ0) is 11.9. The highest BCUT2D eigenvalue weighted by molar-refractivity contribution is 5.98. The van der Waals surface area contributed by atoms with Crippen molar-refractivity contribution in [1.82, 2.24) is 0 Å². The zero-order valence-corrected chi connectivity index (χ0v) is 8.86. The summed E-state index contributed by atoms with van der Waals surface area (Å²) in [5.41, 5.74) is 7.82. The number of carboxylic acid groups (broad SMARTS) is 1. The summed E-state index contributed by atoms with van der Waals surface area (Å²) in [5, 5.41) is 8.91. The van der Waals surface area contributed by atoms with E-state index >= 15 is 0 Å². The fraction of sp³-hybridized carbons (Fsp3) is 0.273. The van der Waals surface area contributed by atoms with E-state index in [1.807, 2.05) is 0 Å². The van der Waals surface area contributed by atoms with Crippen molar-refractivity contribution in [2.75, 3.05) is 17.2 Å². The maximum absolute atomic E-state index is 11.3. The molecule has 0 spiro atoms. The molecule has 0 unspecified atom stereocenters. The highest BCUT2D eigenvalue weighted by atomic mass is 16.4. The number of anilines is 2. The molecule has 0 aliphatic carbocycles. The van der Waals surface area contributed by atoms with Crippen LogP contribution in [0.4, 0.5) is 11.4 Å². The SMILES string of the molecule is CC(=O)N1CCc2c(N)cc(C(=O)O)cc21. The normalized spacial score (nSPS) is 13.7. The van der Waals surface area contributed by atoms with Crippen molar-refractivity contribution < 1.29 is 14.7 Å². The summed E-state index contributed by atoms with van der Waals surface area (Å²) in [5.74, 6) is -1.13. The third-order valence-electron chi connectivity index (χ3n) is 2.76. The van der Waals surface area contributed by atoms with Gasteiger partial charge in [-0.05, 0) is 18.6 Å². The molecule has 84 valence electrons. The van der Waals surface area contributed by atoms with Gasteiger partial charge in [0.1, 0.15) is 0 Å². The minimum absolute atomic E-state index is 0.0966. The quantitative estimate of drug-likeness (QED) is 0.688. The first kappa shape index (κ1) is 10.5. The van der Waals surface area contributed by atoms with Crippen molar-refractivity contribution in [3.05, 3.63) is 23.3 Å². The Hall–Kier alpha value is -2.04. The molecule has 1 aromatic rings. The molecule has 0 bridgehead atoms. The molecule has 1 aromatic carbocycles. The molecular weight excluding hydrogens is 208 g/mol. The summed E-state index contributed by atoms with van der Waals surface area (Å²) in [7, 11) is 0. The van der Waals surface area contributed by atoms with Crippen LogP contribution in [-0.4, -0.2) is 23.5 Å². The Morgan fingerprint density at radius 2 is 2.12 bits per heavy atom. The number of hydrogen-bond acceptors (Lipinski definition) is 3.